The van der Waals surface area contributed by atoms with Crippen LogP contribution in [0.4, 0.5) is 4.39 Å². The Morgan fingerprint density at radius 1 is 1.07 bits per heavy atom. The second-order valence-electron chi connectivity index (χ2n) is 9.87. The number of nitrogens with zero attached hydrogens (tertiary/aromatic N) is 1. The van der Waals surface area contributed by atoms with E-state index in [2.05, 4.69) is 22.9 Å². The highest BCUT2D eigenvalue weighted by molar-refractivity contribution is 5.83. The third-order valence-electron chi connectivity index (χ3n) is 6.34. The maximum atomic E-state index is 12.7. The largest absolute Gasteiger partial charge is 0.489 e. The molecule has 230 valence electrons. The molecule has 0 spiro atoms. The Morgan fingerprint density at radius 3 is 2.24 bits per heavy atom. The zero-order valence-electron chi connectivity index (χ0n) is 25.9. The predicted molar refractivity (Wildman–Crippen MR) is 165 cm³/mol. The Balaban J connectivity index is 0.00000110. The molecule has 0 fully saturated rings. The molecular weight excluding hydrogens is 523 g/mol. The summed E-state index contributed by atoms with van der Waals surface area (Å²) in [5.41, 5.74) is 2.18. The second-order valence-corrected chi connectivity index (χ2v) is 9.87. The van der Waals surface area contributed by atoms with E-state index in [0.717, 1.165) is 49.0 Å². The van der Waals surface area contributed by atoms with E-state index in [1.807, 2.05) is 59.0 Å². The summed E-state index contributed by atoms with van der Waals surface area (Å²) in [6.45, 7) is 12.3. The molecule has 8 nitrogen and oxygen atoms in total. The molecule has 0 aliphatic heterocycles. The second kappa shape index (κ2) is 23.4. The van der Waals surface area contributed by atoms with E-state index in [0.29, 0.717) is 19.5 Å². The van der Waals surface area contributed by atoms with Gasteiger partial charge in [-0.1, -0.05) is 63.1 Å². The van der Waals surface area contributed by atoms with Gasteiger partial charge in [-0.2, -0.15) is 0 Å². The number of benzene rings is 2. The van der Waals surface area contributed by atoms with Crippen LogP contribution in [0.5, 0.6) is 5.75 Å². The van der Waals surface area contributed by atoms with Gasteiger partial charge in [0.25, 0.3) is 0 Å². The summed E-state index contributed by atoms with van der Waals surface area (Å²) in [6, 6.07) is 13.9. The van der Waals surface area contributed by atoms with Crippen LogP contribution in [0, 0.1) is 18.7 Å². The quantitative estimate of drug-likeness (QED) is 0.206. The minimum Gasteiger partial charge on any atom is -0.489 e. The zero-order chi connectivity index (χ0) is 31.0. The van der Waals surface area contributed by atoms with Crippen molar-refractivity contribution in [3.8, 4) is 5.75 Å². The van der Waals surface area contributed by atoms with Gasteiger partial charge in [-0.3, -0.25) is 9.59 Å². The van der Waals surface area contributed by atoms with Gasteiger partial charge in [0.1, 0.15) is 24.0 Å². The lowest BCUT2D eigenvalue weighted by molar-refractivity contribution is -0.135. The van der Waals surface area contributed by atoms with Crippen LogP contribution in [-0.2, 0) is 20.8 Å². The molecular formula is C32H51FN4O4. The van der Waals surface area contributed by atoms with Gasteiger partial charge in [-0.05, 0) is 70.0 Å². The molecule has 0 aliphatic rings. The number of aldehydes is 1. The van der Waals surface area contributed by atoms with Crippen molar-refractivity contribution in [1.82, 2.24) is 20.9 Å². The number of para-hydroxylation sites is 1. The Hall–Kier alpha value is -3.30. The molecule has 41 heavy (non-hydrogen) atoms. The van der Waals surface area contributed by atoms with Gasteiger partial charge in [0.2, 0.25) is 12.3 Å². The third-order valence-corrected chi connectivity index (χ3v) is 6.34. The molecule has 0 saturated carbocycles. The first kappa shape index (κ1) is 37.7. The van der Waals surface area contributed by atoms with Crippen LogP contribution in [0.1, 0.15) is 51.7 Å². The van der Waals surface area contributed by atoms with Crippen molar-refractivity contribution in [2.24, 2.45) is 5.92 Å². The fourth-order valence-corrected chi connectivity index (χ4v) is 3.56. The molecule has 3 atom stereocenters. The molecule has 0 saturated heterocycles. The molecule has 0 aromatic heterocycles. The lowest BCUT2D eigenvalue weighted by Gasteiger charge is -2.29. The van der Waals surface area contributed by atoms with Crippen molar-refractivity contribution < 1.29 is 23.5 Å². The number of aryl methyl sites for hydroxylation is 2. The molecule has 3 N–H and O–H groups in total. The molecule has 0 radical (unpaired) electrons. The van der Waals surface area contributed by atoms with Crippen LogP contribution in [-0.4, -0.2) is 75.9 Å². The van der Waals surface area contributed by atoms with E-state index in [1.165, 1.54) is 17.0 Å². The minimum absolute atomic E-state index is 0.0817. The molecule has 9 heteroatoms. The first-order valence-corrected chi connectivity index (χ1v) is 14.3. The van der Waals surface area contributed by atoms with Gasteiger partial charge in [0, 0.05) is 20.1 Å². The predicted octanol–water partition coefficient (Wildman–Crippen LogP) is 4.15. The molecule has 2 rings (SSSR count). The number of likely N-dealkylation sites (N-methyl/N-ethyl adjacent to an activating group) is 1. The van der Waals surface area contributed by atoms with Gasteiger partial charge >= 0.3 is 0 Å². The number of carbonyl (C=O) groups is 3. The Morgan fingerprint density at radius 2 is 1.71 bits per heavy atom. The van der Waals surface area contributed by atoms with Crippen LogP contribution >= 0.6 is 0 Å². The number of hydrogen-bond donors (Lipinski definition) is 3. The van der Waals surface area contributed by atoms with E-state index in [1.54, 1.807) is 19.2 Å². The summed E-state index contributed by atoms with van der Waals surface area (Å²) in [4.78, 5) is 35.2. The Bertz CT molecular complexity index is 951. The lowest BCUT2D eigenvalue weighted by Crippen LogP contribution is -2.51. The van der Waals surface area contributed by atoms with Crippen molar-refractivity contribution in [3.05, 3.63) is 65.5 Å². The highest BCUT2D eigenvalue weighted by atomic mass is 19.1. The average molecular weight is 575 g/mol. The standard InChI is InChI=1S/C22H35N3O4.C7H7F.C3H9N/c1-5-17(2)21(22(28)25(4)13-14-26)24-15-18(3)29-20-11-7-6-9-19(20)10-8-12-23-16-27;1-6-2-4-7(8)5-3-6;1-3-4-2/h6-7,9,11,14,16-18,21,24H,5,8,10,12-13,15H2,1-4H3,(H,23,27);2-5H,1H3;4H,3H2,1-2H3/t17?,18-,21?;;/m1../s1. The number of amides is 2. The SMILES string of the molecule is CCC(C)C(NC[C@@H](C)Oc1ccccc1CCCNC=O)C(=O)N(C)CC=O.CCNC.Cc1ccc(F)cc1. The van der Waals surface area contributed by atoms with E-state index in [-0.39, 0.29) is 36.3 Å². The van der Waals surface area contributed by atoms with Gasteiger partial charge < -0.3 is 30.4 Å². The average Bonchev–Trinajstić information content (AvgIpc) is 2.98. The highest BCUT2D eigenvalue weighted by Crippen LogP contribution is 2.21. The number of ether oxygens (including phenoxy) is 1. The van der Waals surface area contributed by atoms with Gasteiger partial charge in [0.05, 0.1) is 12.6 Å². The summed E-state index contributed by atoms with van der Waals surface area (Å²) >= 11 is 0. The first-order chi connectivity index (χ1) is 19.6. The summed E-state index contributed by atoms with van der Waals surface area (Å²) in [7, 11) is 3.57. The summed E-state index contributed by atoms with van der Waals surface area (Å²) in [6.07, 6.45) is 3.79. The smallest absolute Gasteiger partial charge is 0.240 e. The van der Waals surface area contributed by atoms with Crippen LogP contribution < -0.4 is 20.7 Å². The summed E-state index contributed by atoms with van der Waals surface area (Å²) < 4.78 is 18.2. The van der Waals surface area contributed by atoms with E-state index >= 15 is 0 Å². The van der Waals surface area contributed by atoms with Gasteiger partial charge in [-0.15, -0.1) is 0 Å². The number of nitrogens with one attached hydrogen (secondary N) is 3. The van der Waals surface area contributed by atoms with Gasteiger partial charge in [-0.25, -0.2) is 4.39 Å². The molecule has 2 aromatic carbocycles. The van der Waals surface area contributed by atoms with Crippen molar-refractivity contribution in [1.29, 1.82) is 0 Å². The van der Waals surface area contributed by atoms with E-state index < -0.39 is 0 Å². The van der Waals surface area contributed by atoms with Crippen LogP contribution in [0.15, 0.2) is 48.5 Å². The minimum atomic E-state index is -0.361. The zero-order valence-corrected chi connectivity index (χ0v) is 25.9. The van der Waals surface area contributed by atoms with E-state index in [9.17, 15) is 18.8 Å². The number of carbonyl (C=O) groups excluding carboxylic acids is 3. The van der Waals surface area contributed by atoms with E-state index in [4.69, 9.17) is 4.74 Å². The first-order valence-electron chi connectivity index (χ1n) is 14.3. The third kappa shape index (κ3) is 17.2. The summed E-state index contributed by atoms with van der Waals surface area (Å²) in [5.74, 6) is 0.705. The van der Waals surface area contributed by atoms with Gasteiger partial charge in [0.15, 0.2) is 0 Å². The molecule has 2 unspecified atom stereocenters. The molecule has 0 aliphatic carbocycles. The fourth-order valence-electron chi connectivity index (χ4n) is 3.56. The van der Waals surface area contributed by atoms with Crippen molar-refractivity contribution in [2.75, 3.05) is 40.3 Å². The van der Waals surface area contributed by atoms with Crippen molar-refractivity contribution in [3.63, 3.8) is 0 Å². The van der Waals surface area contributed by atoms with Crippen molar-refractivity contribution >= 4 is 18.6 Å². The molecule has 0 heterocycles. The van der Waals surface area contributed by atoms with Crippen LogP contribution in [0.25, 0.3) is 0 Å². The lowest BCUT2D eigenvalue weighted by atomic mass is 9.97. The fraction of sp³-hybridized carbons (Fsp3) is 0.531. The Kier molecular flexibility index (Phi) is 21.5. The number of rotatable bonds is 16. The maximum absolute atomic E-state index is 12.7. The highest BCUT2D eigenvalue weighted by Gasteiger charge is 2.27. The van der Waals surface area contributed by atoms with Crippen LogP contribution in [0.3, 0.4) is 0 Å². The number of halogens is 1. The van der Waals surface area contributed by atoms with Crippen LogP contribution in [0.2, 0.25) is 0 Å². The molecule has 0 bridgehead atoms. The Labute approximate surface area is 246 Å². The van der Waals surface area contributed by atoms with Crippen molar-refractivity contribution in [2.45, 2.75) is 66.0 Å². The monoisotopic (exact) mass is 574 g/mol. The molecule has 2 amide bonds. The summed E-state index contributed by atoms with van der Waals surface area (Å²) in [5, 5.41) is 8.93. The number of hydrogen-bond acceptors (Lipinski definition) is 6. The maximum Gasteiger partial charge on any atom is 0.240 e. The molecule has 2 aromatic rings. The normalized spacial score (nSPS) is 12.3. The topological polar surface area (TPSA) is 99.8 Å².